The summed E-state index contributed by atoms with van der Waals surface area (Å²) in [7, 11) is 0. The number of nitrogens with one attached hydrogen (secondary N) is 2. The molecule has 4 aromatic carbocycles. The molecule has 0 spiro atoms. The molecule has 2 heterocycles. The van der Waals surface area contributed by atoms with Gasteiger partial charge in [-0.3, -0.25) is 0 Å². The monoisotopic (exact) mass is 570 g/mol. The van der Waals surface area contributed by atoms with Crippen LogP contribution in [0.3, 0.4) is 0 Å². The molecule has 0 saturated carbocycles. The summed E-state index contributed by atoms with van der Waals surface area (Å²) in [5.41, 5.74) is 8.31. The third-order valence-electron chi connectivity index (χ3n) is 7.14. The fraction of sp³-hybridized carbons (Fsp3) is 0.167. The highest BCUT2D eigenvalue weighted by molar-refractivity contribution is 5.63. The number of aromatic nitrogens is 2. The highest BCUT2D eigenvalue weighted by atomic mass is 16.5. The molecule has 0 aliphatic heterocycles. The molecule has 0 atom stereocenters. The Morgan fingerprint density at radius 1 is 0.512 bits per heavy atom. The Labute approximate surface area is 251 Å². The van der Waals surface area contributed by atoms with Crippen LogP contribution < -0.4 is 10.6 Å². The summed E-state index contributed by atoms with van der Waals surface area (Å²) in [6.07, 6.45) is 1.96. The Balaban J connectivity index is 0.933. The van der Waals surface area contributed by atoms with E-state index < -0.39 is 0 Å². The van der Waals surface area contributed by atoms with Crippen molar-refractivity contribution < 1.29 is 13.8 Å². The van der Waals surface area contributed by atoms with Crippen LogP contribution in [0.5, 0.6) is 0 Å². The summed E-state index contributed by atoms with van der Waals surface area (Å²) in [5, 5.41) is 15.4. The van der Waals surface area contributed by atoms with Gasteiger partial charge < -0.3 is 24.4 Å². The zero-order valence-corrected chi connectivity index (χ0v) is 23.9. The van der Waals surface area contributed by atoms with E-state index in [9.17, 15) is 0 Å². The lowest BCUT2D eigenvalue weighted by atomic mass is 10.1. The van der Waals surface area contributed by atoms with E-state index in [2.05, 4.69) is 93.7 Å². The van der Waals surface area contributed by atoms with Crippen molar-refractivity contribution in [2.24, 2.45) is 0 Å². The van der Waals surface area contributed by atoms with Crippen molar-refractivity contribution in [2.45, 2.75) is 26.1 Å². The van der Waals surface area contributed by atoms with Crippen LogP contribution in [-0.2, 0) is 30.8 Å². The molecular formula is C36H34N4O3. The Kier molecular flexibility index (Phi) is 9.22. The highest BCUT2D eigenvalue weighted by Gasteiger charge is 2.10. The number of benzene rings is 4. The van der Waals surface area contributed by atoms with Crippen molar-refractivity contribution >= 4 is 11.4 Å². The molecule has 6 rings (SSSR count). The molecule has 6 aromatic rings. The lowest BCUT2D eigenvalue weighted by molar-refractivity contribution is 0.0727. The van der Waals surface area contributed by atoms with Gasteiger partial charge in [0.05, 0.1) is 0 Å². The molecule has 0 fully saturated rings. The van der Waals surface area contributed by atoms with E-state index >= 15 is 0 Å². The van der Waals surface area contributed by atoms with Gasteiger partial charge in [-0.1, -0.05) is 95.2 Å². The normalized spacial score (nSPS) is 11.0. The van der Waals surface area contributed by atoms with E-state index in [-0.39, 0.29) is 13.2 Å². The number of hydrogen-bond acceptors (Lipinski definition) is 7. The van der Waals surface area contributed by atoms with E-state index in [0.29, 0.717) is 11.5 Å². The molecule has 2 aromatic heterocycles. The maximum absolute atomic E-state index is 5.82. The predicted molar refractivity (Wildman–Crippen MR) is 170 cm³/mol. The van der Waals surface area contributed by atoms with E-state index in [1.165, 1.54) is 11.1 Å². The maximum atomic E-state index is 5.82. The summed E-state index contributed by atoms with van der Waals surface area (Å²) in [6.45, 7) is 2.32. The van der Waals surface area contributed by atoms with E-state index in [1.807, 2.05) is 48.5 Å². The first kappa shape index (κ1) is 28.0. The van der Waals surface area contributed by atoms with Gasteiger partial charge in [0.25, 0.3) is 0 Å². The molecule has 43 heavy (non-hydrogen) atoms. The van der Waals surface area contributed by atoms with Gasteiger partial charge in [0.15, 0.2) is 11.5 Å². The van der Waals surface area contributed by atoms with Crippen LogP contribution in [0, 0.1) is 0 Å². The van der Waals surface area contributed by atoms with Gasteiger partial charge in [0, 0.05) is 47.7 Å². The Morgan fingerprint density at radius 3 is 1.35 bits per heavy atom. The molecule has 0 aliphatic carbocycles. The van der Waals surface area contributed by atoms with Crippen LogP contribution in [0.2, 0.25) is 0 Å². The quantitative estimate of drug-likeness (QED) is 0.137. The van der Waals surface area contributed by atoms with Crippen LogP contribution in [0.25, 0.3) is 22.5 Å². The van der Waals surface area contributed by atoms with Crippen molar-refractivity contribution in [3.63, 3.8) is 0 Å². The van der Waals surface area contributed by atoms with Crippen molar-refractivity contribution in [1.82, 2.24) is 10.3 Å². The van der Waals surface area contributed by atoms with Crippen LogP contribution in [0.4, 0.5) is 11.4 Å². The number of nitrogens with zero attached hydrogens (tertiary/aromatic N) is 2. The summed E-state index contributed by atoms with van der Waals surface area (Å²) in [4.78, 5) is 0. The predicted octanol–water partition coefficient (Wildman–Crippen LogP) is 8.02. The summed E-state index contributed by atoms with van der Waals surface area (Å²) in [6, 6.07) is 41.1. The highest BCUT2D eigenvalue weighted by Crippen LogP contribution is 2.24. The van der Waals surface area contributed by atoms with E-state index in [0.717, 1.165) is 59.8 Å². The van der Waals surface area contributed by atoms with Gasteiger partial charge >= 0.3 is 0 Å². The van der Waals surface area contributed by atoms with Gasteiger partial charge in [-0.25, -0.2) is 0 Å². The Hall–Kier alpha value is -5.14. The minimum atomic E-state index is 0.283. The van der Waals surface area contributed by atoms with Crippen LogP contribution >= 0.6 is 0 Å². The SMILES string of the molecule is c1ccc(CCNc2ccc(-c3cc(COCc4cc(-c5ccc(NCCc6ccccc6)cc5)no4)on3)cc2)cc1. The molecule has 0 aliphatic rings. The lowest BCUT2D eigenvalue weighted by Crippen LogP contribution is -2.04. The zero-order chi connectivity index (χ0) is 29.1. The van der Waals surface area contributed by atoms with Crippen molar-refractivity contribution in [1.29, 1.82) is 0 Å². The second-order valence-corrected chi connectivity index (χ2v) is 10.3. The molecular weight excluding hydrogens is 536 g/mol. The summed E-state index contributed by atoms with van der Waals surface area (Å²) in [5.74, 6) is 1.30. The van der Waals surface area contributed by atoms with Crippen molar-refractivity contribution in [3.05, 3.63) is 144 Å². The topological polar surface area (TPSA) is 85.4 Å². The molecule has 0 unspecified atom stereocenters. The minimum absolute atomic E-state index is 0.283. The number of ether oxygens (including phenoxy) is 1. The molecule has 0 saturated heterocycles. The van der Waals surface area contributed by atoms with Crippen LogP contribution in [-0.4, -0.2) is 23.4 Å². The van der Waals surface area contributed by atoms with Crippen molar-refractivity contribution in [3.8, 4) is 22.5 Å². The van der Waals surface area contributed by atoms with Gasteiger partial charge in [0.2, 0.25) is 0 Å². The molecule has 0 radical (unpaired) electrons. The lowest BCUT2D eigenvalue weighted by Gasteiger charge is -2.07. The fourth-order valence-electron chi connectivity index (χ4n) is 4.80. The smallest absolute Gasteiger partial charge is 0.163 e. The molecule has 216 valence electrons. The van der Waals surface area contributed by atoms with Gasteiger partial charge in [-0.15, -0.1) is 0 Å². The van der Waals surface area contributed by atoms with Crippen molar-refractivity contribution in [2.75, 3.05) is 23.7 Å². The average Bonchev–Trinajstić information content (AvgIpc) is 3.73. The Bertz CT molecular complexity index is 1550. The van der Waals surface area contributed by atoms with Gasteiger partial charge in [0.1, 0.15) is 24.6 Å². The largest absolute Gasteiger partial charge is 0.385 e. The maximum Gasteiger partial charge on any atom is 0.163 e. The third-order valence-corrected chi connectivity index (χ3v) is 7.14. The van der Waals surface area contributed by atoms with E-state index in [4.69, 9.17) is 13.8 Å². The van der Waals surface area contributed by atoms with Gasteiger partial charge in [-0.2, -0.15) is 0 Å². The summed E-state index contributed by atoms with van der Waals surface area (Å²) < 4.78 is 16.8. The van der Waals surface area contributed by atoms with Gasteiger partial charge in [-0.05, 0) is 48.2 Å². The fourth-order valence-corrected chi connectivity index (χ4v) is 4.80. The first-order valence-electron chi connectivity index (χ1n) is 14.5. The number of hydrogen-bond donors (Lipinski definition) is 2. The second-order valence-electron chi connectivity index (χ2n) is 10.3. The molecule has 7 nitrogen and oxygen atoms in total. The number of rotatable bonds is 14. The zero-order valence-electron chi connectivity index (χ0n) is 23.9. The van der Waals surface area contributed by atoms with Crippen LogP contribution in [0.15, 0.2) is 130 Å². The molecule has 0 bridgehead atoms. The third kappa shape index (κ3) is 7.99. The standard InChI is InChI=1S/C36H34N4O3/c1-3-7-27(8-4-1)19-21-37-31-15-11-29(12-16-31)35-23-33(42-39-35)25-41-26-34-24-36(40-43-34)30-13-17-32(18-14-30)38-22-20-28-9-5-2-6-10-28/h1-18,23-24,37-38H,19-22,25-26H2. The van der Waals surface area contributed by atoms with E-state index in [1.54, 1.807) is 0 Å². The first-order chi connectivity index (χ1) is 21.3. The molecule has 2 N–H and O–H groups in total. The average molecular weight is 571 g/mol. The first-order valence-corrected chi connectivity index (χ1v) is 14.5. The summed E-state index contributed by atoms with van der Waals surface area (Å²) >= 11 is 0. The minimum Gasteiger partial charge on any atom is -0.385 e. The Morgan fingerprint density at radius 2 is 0.930 bits per heavy atom. The molecule has 0 amide bonds. The number of anilines is 2. The molecule has 7 heteroatoms. The second kappa shape index (κ2) is 14.2. The van der Waals surface area contributed by atoms with Crippen LogP contribution in [0.1, 0.15) is 22.6 Å².